The third-order valence-corrected chi connectivity index (χ3v) is 3.21. The molecule has 0 unspecified atom stereocenters. The summed E-state index contributed by atoms with van der Waals surface area (Å²) in [6.45, 7) is 0.489. The molecule has 5 nitrogen and oxygen atoms in total. The van der Waals surface area contributed by atoms with Crippen LogP contribution in [-0.4, -0.2) is 57.4 Å². The zero-order chi connectivity index (χ0) is 9.64. The molecule has 2 fully saturated rings. The predicted molar refractivity (Wildman–Crippen MR) is 43.9 cm³/mol. The lowest BCUT2D eigenvalue weighted by Crippen LogP contribution is -2.57. The molecule has 76 valence electrons. The molecular weight excluding hydrogens is 174 g/mol. The van der Waals surface area contributed by atoms with Crippen LogP contribution >= 0.6 is 0 Å². The quantitative estimate of drug-likeness (QED) is 0.292. The van der Waals surface area contributed by atoms with Gasteiger partial charge in [0.05, 0.1) is 11.6 Å². The Hall–Kier alpha value is -0.200. The van der Waals surface area contributed by atoms with E-state index in [2.05, 4.69) is 5.32 Å². The van der Waals surface area contributed by atoms with Crippen molar-refractivity contribution < 1.29 is 20.4 Å². The van der Waals surface area contributed by atoms with E-state index in [0.29, 0.717) is 13.0 Å². The molecule has 0 amide bonds. The van der Waals surface area contributed by atoms with Gasteiger partial charge in [-0.15, -0.1) is 0 Å². The smallest absolute Gasteiger partial charge is 0.108 e. The van der Waals surface area contributed by atoms with Crippen LogP contribution in [0.25, 0.3) is 0 Å². The predicted octanol–water partition coefficient (Wildman–Crippen LogP) is -2.58. The van der Waals surface area contributed by atoms with Crippen LogP contribution in [0.5, 0.6) is 0 Å². The van der Waals surface area contributed by atoms with E-state index in [1.54, 1.807) is 0 Å². The number of nitrogens with one attached hydrogen (secondary N) is 1. The molecule has 5 atom stereocenters. The van der Waals surface area contributed by atoms with Gasteiger partial charge in [0.1, 0.15) is 12.2 Å². The minimum atomic E-state index is -1.15. The number of hydrogen-bond donors (Lipinski definition) is 5. The van der Waals surface area contributed by atoms with E-state index in [0.717, 1.165) is 0 Å². The van der Waals surface area contributed by atoms with Gasteiger partial charge >= 0.3 is 0 Å². The highest BCUT2D eigenvalue weighted by atomic mass is 16.4. The lowest BCUT2D eigenvalue weighted by molar-refractivity contribution is -0.132. The number of hydrogen-bond acceptors (Lipinski definition) is 5. The highest BCUT2D eigenvalue weighted by Gasteiger charge is 2.58. The number of aliphatic hydroxyl groups excluding tert-OH is 4. The van der Waals surface area contributed by atoms with Crippen LogP contribution in [0.1, 0.15) is 6.42 Å². The maximum absolute atomic E-state index is 9.60. The SMILES string of the molecule is OC[C@H]1C[C@]2(CN2)[C@H](O)[C@@H](O)[C@@H]1O. The first-order valence-corrected chi connectivity index (χ1v) is 4.51. The van der Waals surface area contributed by atoms with E-state index in [4.69, 9.17) is 5.11 Å². The Morgan fingerprint density at radius 2 is 1.85 bits per heavy atom. The molecule has 2 aliphatic rings. The zero-order valence-corrected chi connectivity index (χ0v) is 7.22. The van der Waals surface area contributed by atoms with Crippen LogP contribution in [0.4, 0.5) is 0 Å². The van der Waals surface area contributed by atoms with E-state index in [9.17, 15) is 15.3 Å². The van der Waals surface area contributed by atoms with Crippen molar-refractivity contribution in [1.82, 2.24) is 5.32 Å². The van der Waals surface area contributed by atoms with Crippen LogP contribution in [0.2, 0.25) is 0 Å². The van der Waals surface area contributed by atoms with Gasteiger partial charge in [-0.2, -0.15) is 0 Å². The highest BCUT2D eigenvalue weighted by molar-refractivity contribution is 5.16. The molecule has 13 heavy (non-hydrogen) atoms. The fraction of sp³-hybridized carbons (Fsp3) is 1.00. The third kappa shape index (κ3) is 1.28. The van der Waals surface area contributed by atoms with Gasteiger partial charge in [0.25, 0.3) is 0 Å². The minimum absolute atomic E-state index is 0.158. The Balaban J connectivity index is 2.13. The Morgan fingerprint density at radius 3 is 2.31 bits per heavy atom. The molecule has 0 radical (unpaired) electrons. The van der Waals surface area contributed by atoms with E-state index < -0.39 is 23.9 Å². The first-order chi connectivity index (χ1) is 6.10. The Labute approximate surface area is 76.0 Å². The first-order valence-electron chi connectivity index (χ1n) is 4.51. The lowest BCUT2D eigenvalue weighted by Gasteiger charge is -2.39. The van der Waals surface area contributed by atoms with Gasteiger partial charge in [0.15, 0.2) is 0 Å². The fourth-order valence-electron chi connectivity index (χ4n) is 2.14. The summed E-state index contributed by atoms with van der Waals surface area (Å²) in [5.41, 5.74) is -0.452. The molecule has 5 heteroatoms. The van der Waals surface area contributed by atoms with E-state index >= 15 is 0 Å². The molecule has 1 aliphatic heterocycles. The molecule has 2 rings (SSSR count). The summed E-state index contributed by atoms with van der Waals surface area (Å²) in [4.78, 5) is 0. The third-order valence-electron chi connectivity index (χ3n) is 3.21. The van der Waals surface area contributed by atoms with Gasteiger partial charge in [-0.1, -0.05) is 0 Å². The molecule has 1 spiro atoms. The standard InChI is InChI=1S/C8H15NO4/c10-2-4-1-8(3-9-8)7(13)6(12)5(4)11/h4-7,9-13H,1-3H2/t4-,5-,6+,7-,8+/m1/s1. The number of rotatable bonds is 1. The van der Waals surface area contributed by atoms with Gasteiger partial charge in [0, 0.05) is 19.1 Å². The van der Waals surface area contributed by atoms with Crippen molar-refractivity contribution in [3.05, 3.63) is 0 Å². The Bertz CT molecular complexity index is 204. The Kier molecular flexibility index (Phi) is 2.08. The number of aliphatic hydroxyl groups is 4. The molecule has 1 heterocycles. The normalized spacial score (nSPS) is 55.4. The van der Waals surface area contributed by atoms with Crippen LogP contribution in [0.3, 0.4) is 0 Å². The minimum Gasteiger partial charge on any atom is -0.396 e. The van der Waals surface area contributed by atoms with Crippen molar-refractivity contribution in [3.63, 3.8) is 0 Å². The van der Waals surface area contributed by atoms with Gasteiger partial charge in [-0.3, -0.25) is 0 Å². The summed E-state index contributed by atoms with van der Waals surface area (Å²) in [7, 11) is 0. The van der Waals surface area contributed by atoms with E-state index in [1.807, 2.05) is 0 Å². The molecule has 0 aromatic carbocycles. The summed E-state index contributed by atoms with van der Waals surface area (Å²) in [5.74, 6) is -0.339. The van der Waals surface area contributed by atoms with E-state index in [-0.39, 0.29) is 12.5 Å². The van der Waals surface area contributed by atoms with Gasteiger partial charge in [-0.05, 0) is 6.42 Å². The first kappa shape index (κ1) is 9.36. The summed E-state index contributed by atoms with van der Waals surface area (Å²) >= 11 is 0. The summed E-state index contributed by atoms with van der Waals surface area (Å²) in [5, 5.41) is 40.5. The average Bonchev–Trinajstić information content (AvgIpc) is 2.90. The van der Waals surface area contributed by atoms with Crippen molar-refractivity contribution in [2.24, 2.45) is 5.92 Å². The second-order valence-corrected chi connectivity index (χ2v) is 4.08. The maximum atomic E-state index is 9.60. The summed E-state index contributed by atoms with van der Waals surface area (Å²) in [6, 6.07) is 0. The molecule has 0 bridgehead atoms. The van der Waals surface area contributed by atoms with Crippen molar-refractivity contribution >= 4 is 0 Å². The van der Waals surface area contributed by atoms with Crippen molar-refractivity contribution in [1.29, 1.82) is 0 Å². The van der Waals surface area contributed by atoms with Gasteiger partial charge in [0.2, 0.25) is 0 Å². The van der Waals surface area contributed by atoms with Crippen LogP contribution < -0.4 is 5.32 Å². The van der Waals surface area contributed by atoms with Crippen molar-refractivity contribution in [2.75, 3.05) is 13.2 Å². The largest absolute Gasteiger partial charge is 0.396 e. The van der Waals surface area contributed by atoms with Crippen molar-refractivity contribution in [2.45, 2.75) is 30.3 Å². The van der Waals surface area contributed by atoms with Crippen LogP contribution in [0.15, 0.2) is 0 Å². The second-order valence-electron chi connectivity index (χ2n) is 4.08. The summed E-state index contributed by atoms with van der Waals surface area (Å²) < 4.78 is 0. The second kappa shape index (κ2) is 2.90. The molecule has 1 aliphatic carbocycles. The zero-order valence-electron chi connectivity index (χ0n) is 7.22. The Morgan fingerprint density at radius 1 is 1.23 bits per heavy atom. The molecule has 1 saturated heterocycles. The van der Waals surface area contributed by atoms with E-state index in [1.165, 1.54) is 0 Å². The molecular formula is C8H15NO4. The fourth-order valence-corrected chi connectivity index (χ4v) is 2.14. The average molecular weight is 189 g/mol. The molecule has 0 aromatic heterocycles. The molecule has 0 aromatic rings. The van der Waals surface area contributed by atoms with Gasteiger partial charge in [-0.25, -0.2) is 0 Å². The molecule has 1 saturated carbocycles. The topological polar surface area (TPSA) is 103 Å². The monoisotopic (exact) mass is 189 g/mol. The van der Waals surface area contributed by atoms with Crippen LogP contribution in [-0.2, 0) is 0 Å². The highest BCUT2D eigenvalue weighted by Crippen LogP contribution is 2.38. The lowest BCUT2D eigenvalue weighted by atomic mass is 9.75. The molecule has 5 N–H and O–H groups in total. The maximum Gasteiger partial charge on any atom is 0.108 e. The summed E-state index contributed by atoms with van der Waals surface area (Å²) in [6.07, 6.45) is -2.58. The van der Waals surface area contributed by atoms with Gasteiger partial charge < -0.3 is 25.7 Å². The van der Waals surface area contributed by atoms with Crippen molar-refractivity contribution in [3.8, 4) is 0 Å². The van der Waals surface area contributed by atoms with Crippen LogP contribution in [0, 0.1) is 5.92 Å².